The Morgan fingerprint density at radius 3 is 2.38 bits per heavy atom. The first-order chi connectivity index (χ1) is 18.9. The molecule has 9 nitrogen and oxygen atoms in total. The van der Waals surface area contributed by atoms with Gasteiger partial charge in [0.15, 0.2) is 0 Å². The number of fused-ring (bicyclic) bond motifs is 1. The third-order valence-electron chi connectivity index (χ3n) is 6.76. The molecule has 1 unspecified atom stereocenters. The van der Waals surface area contributed by atoms with Crippen molar-refractivity contribution in [1.29, 1.82) is 0 Å². The summed E-state index contributed by atoms with van der Waals surface area (Å²) in [4.78, 5) is 41.3. The number of likely N-dealkylation sites (N-methyl/N-ethyl adjacent to an activating group) is 1. The van der Waals surface area contributed by atoms with Crippen LogP contribution in [0.2, 0.25) is 0 Å². The van der Waals surface area contributed by atoms with Gasteiger partial charge in [-0.1, -0.05) is 55.8 Å². The second kappa shape index (κ2) is 15.3. The Morgan fingerprint density at radius 1 is 1.05 bits per heavy atom. The fourth-order valence-electron chi connectivity index (χ4n) is 4.75. The molecule has 2 aromatic rings. The van der Waals surface area contributed by atoms with E-state index in [9.17, 15) is 18.8 Å². The van der Waals surface area contributed by atoms with Crippen molar-refractivity contribution in [3.8, 4) is 0 Å². The Hall–Kier alpha value is -3.34. The highest BCUT2D eigenvalue weighted by Crippen LogP contribution is 2.33. The zero-order chi connectivity index (χ0) is 28.2. The van der Waals surface area contributed by atoms with Gasteiger partial charge in [0, 0.05) is 33.4 Å². The minimum absolute atomic E-state index is 0.0666. The first kappa shape index (κ1) is 30.2. The topological polar surface area (TPSA) is 85.4 Å². The smallest absolute Gasteiger partial charge is 0.250 e. The van der Waals surface area contributed by atoms with Gasteiger partial charge in [-0.25, -0.2) is 9.40 Å². The number of piperazine rings is 1. The van der Waals surface area contributed by atoms with Crippen LogP contribution >= 0.6 is 0 Å². The molecular formula is C29H40FN5O4. The molecular weight excluding hydrogens is 501 g/mol. The predicted octanol–water partition coefficient (Wildman–Crippen LogP) is 2.80. The summed E-state index contributed by atoms with van der Waals surface area (Å²) in [6, 6.07) is 15.0. The SMILES string of the molecule is CCCCOCCCN1CC2N(C(=O)CN(C)N2C=O)[C@@H](c2ccccc2)C1=O.CNCc1ccc(F)cc1. The molecule has 2 saturated heterocycles. The lowest BCUT2D eigenvalue weighted by Crippen LogP contribution is -2.71. The number of benzene rings is 2. The monoisotopic (exact) mass is 541 g/mol. The van der Waals surface area contributed by atoms with E-state index in [-0.39, 0.29) is 24.2 Å². The van der Waals surface area contributed by atoms with Crippen molar-refractivity contribution in [1.82, 2.24) is 25.1 Å². The molecule has 212 valence electrons. The fraction of sp³-hybridized carbons (Fsp3) is 0.483. The van der Waals surface area contributed by atoms with Crippen LogP contribution in [0.15, 0.2) is 54.6 Å². The number of amides is 3. The van der Waals surface area contributed by atoms with E-state index < -0.39 is 12.2 Å². The summed E-state index contributed by atoms with van der Waals surface area (Å²) in [6.45, 7) is 5.12. The molecule has 39 heavy (non-hydrogen) atoms. The van der Waals surface area contributed by atoms with Crippen LogP contribution < -0.4 is 5.32 Å². The number of carbonyl (C=O) groups excluding carboxylic acids is 3. The van der Waals surface area contributed by atoms with E-state index in [1.807, 2.05) is 37.4 Å². The predicted molar refractivity (Wildman–Crippen MR) is 146 cm³/mol. The summed E-state index contributed by atoms with van der Waals surface area (Å²) in [6.07, 6.45) is 3.05. The molecule has 4 rings (SSSR count). The first-order valence-electron chi connectivity index (χ1n) is 13.5. The summed E-state index contributed by atoms with van der Waals surface area (Å²) < 4.78 is 17.9. The van der Waals surface area contributed by atoms with Crippen LogP contribution in [0.5, 0.6) is 0 Å². The minimum Gasteiger partial charge on any atom is -0.381 e. The van der Waals surface area contributed by atoms with Crippen molar-refractivity contribution >= 4 is 18.2 Å². The number of carbonyl (C=O) groups is 3. The lowest BCUT2D eigenvalue weighted by molar-refractivity contribution is -0.197. The second-order valence-electron chi connectivity index (χ2n) is 9.66. The van der Waals surface area contributed by atoms with Gasteiger partial charge in [-0.3, -0.25) is 19.4 Å². The highest BCUT2D eigenvalue weighted by atomic mass is 19.1. The van der Waals surface area contributed by atoms with Crippen LogP contribution in [0, 0.1) is 5.82 Å². The summed E-state index contributed by atoms with van der Waals surface area (Å²) in [7, 11) is 3.58. The molecule has 2 aromatic carbocycles. The van der Waals surface area contributed by atoms with E-state index in [4.69, 9.17) is 4.74 Å². The average molecular weight is 542 g/mol. The Kier molecular flexibility index (Phi) is 11.9. The van der Waals surface area contributed by atoms with E-state index in [1.54, 1.807) is 34.0 Å². The van der Waals surface area contributed by atoms with E-state index in [2.05, 4.69) is 12.2 Å². The number of hydrogen-bond acceptors (Lipinski definition) is 6. The Balaban J connectivity index is 0.000000353. The molecule has 2 aliphatic heterocycles. The van der Waals surface area contributed by atoms with Crippen molar-refractivity contribution in [2.24, 2.45) is 0 Å². The van der Waals surface area contributed by atoms with E-state index in [0.717, 1.165) is 43.5 Å². The standard InChI is InChI=1S/C21H30N4O4.C8H10FN/c1-3-4-12-29-13-8-11-23-14-18-24(16-26)22(2)15-19(27)25(18)20(21(23)28)17-9-6-5-7-10-17;1-10-6-7-2-4-8(9)5-3-7/h5-7,9-10,16,18,20H,3-4,8,11-15H2,1-2H3;2-5,10H,6H2,1H3/t18?,20-;/m0./s1. The molecule has 0 radical (unpaired) electrons. The number of unbranched alkanes of at least 4 members (excludes halogenated alkanes) is 1. The van der Waals surface area contributed by atoms with Crippen molar-refractivity contribution in [2.75, 3.05) is 46.9 Å². The van der Waals surface area contributed by atoms with Gasteiger partial charge in [0.1, 0.15) is 18.0 Å². The quantitative estimate of drug-likeness (QED) is 0.348. The number of rotatable bonds is 11. The van der Waals surface area contributed by atoms with Gasteiger partial charge < -0.3 is 19.9 Å². The van der Waals surface area contributed by atoms with Crippen molar-refractivity contribution in [3.63, 3.8) is 0 Å². The molecule has 10 heteroatoms. The highest BCUT2D eigenvalue weighted by molar-refractivity contribution is 5.91. The third kappa shape index (κ3) is 8.08. The summed E-state index contributed by atoms with van der Waals surface area (Å²) in [5.74, 6) is -0.440. The zero-order valence-electron chi connectivity index (χ0n) is 23.1. The lowest BCUT2D eigenvalue weighted by atomic mass is 9.98. The largest absolute Gasteiger partial charge is 0.381 e. The number of nitrogens with one attached hydrogen (secondary N) is 1. The van der Waals surface area contributed by atoms with Crippen LogP contribution in [-0.4, -0.2) is 91.2 Å². The maximum absolute atomic E-state index is 13.3. The molecule has 0 bridgehead atoms. The average Bonchev–Trinajstić information content (AvgIpc) is 2.93. The molecule has 2 heterocycles. The van der Waals surface area contributed by atoms with Gasteiger partial charge in [0.05, 0.1) is 13.1 Å². The molecule has 2 fully saturated rings. The fourth-order valence-corrected chi connectivity index (χ4v) is 4.75. The molecule has 0 spiro atoms. The lowest BCUT2D eigenvalue weighted by Gasteiger charge is -2.53. The van der Waals surface area contributed by atoms with Gasteiger partial charge in [-0.15, -0.1) is 0 Å². The van der Waals surface area contributed by atoms with E-state index >= 15 is 0 Å². The molecule has 0 aliphatic carbocycles. The molecule has 2 atom stereocenters. The van der Waals surface area contributed by atoms with Gasteiger partial charge in [-0.05, 0) is 43.1 Å². The highest BCUT2D eigenvalue weighted by Gasteiger charge is 2.49. The van der Waals surface area contributed by atoms with Crippen molar-refractivity contribution in [3.05, 3.63) is 71.5 Å². The summed E-state index contributed by atoms with van der Waals surface area (Å²) in [5, 5.41) is 6.10. The Labute approximate surface area is 230 Å². The maximum Gasteiger partial charge on any atom is 0.250 e. The second-order valence-corrected chi connectivity index (χ2v) is 9.66. The number of hydrazine groups is 1. The van der Waals surface area contributed by atoms with Gasteiger partial charge in [0.25, 0.3) is 0 Å². The maximum atomic E-state index is 13.3. The third-order valence-corrected chi connectivity index (χ3v) is 6.76. The Bertz CT molecular complexity index is 1060. The molecule has 0 saturated carbocycles. The van der Waals surface area contributed by atoms with Crippen LogP contribution in [-0.2, 0) is 25.7 Å². The van der Waals surface area contributed by atoms with Crippen LogP contribution in [0.25, 0.3) is 0 Å². The van der Waals surface area contributed by atoms with Crippen molar-refractivity contribution in [2.45, 2.75) is 44.9 Å². The van der Waals surface area contributed by atoms with Gasteiger partial charge >= 0.3 is 0 Å². The number of nitrogens with zero attached hydrogens (tertiary/aromatic N) is 4. The van der Waals surface area contributed by atoms with Gasteiger partial charge in [-0.2, -0.15) is 0 Å². The van der Waals surface area contributed by atoms with E-state index in [0.29, 0.717) is 26.1 Å². The minimum atomic E-state index is -0.723. The first-order valence-corrected chi connectivity index (χ1v) is 13.5. The molecule has 1 N–H and O–H groups in total. The number of halogens is 1. The van der Waals surface area contributed by atoms with E-state index in [1.165, 1.54) is 17.1 Å². The molecule has 0 aromatic heterocycles. The van der Waals surface area contributed by atoms with Crippen LogP contribution in [0.4, 0.5) is 4.39 Å². The van der Waals surface area contributed by atoms with Crippen LogP contribution in [0.3, 0.4) is 0 Å². The van der Waals surface area contributed by atoms with Crippen molar-refractivity contribution < 1.29 is 23.5 Å². The number of hydrogen-bond donors (Lipinski definition) is 1. The molecule has 2 aliphatic rings. The number of ether oxygens (including phenoxy) is 1. The summed E-state index contributed by atoms with van der Waals surface area (Å²) >= 11 is 0. The summed E-state index contributed by atoms with van der Waals surface area (Å²) in [5.41, 5.74) is 1.86. The Morgan fingerprint density at radius 2 is 1.74 bits per heavy atom. The van der Waals surface area contributed by atoms with Crippen LogP contribution in [0.1, 0.15) is 43.4 Å². The zero-order valence-corrected chi connectivity index (χ0v) is 23.1. The normalized spacial score (nSPS) is 19.4. The molecule has 3 amide bonds. The van der Waals surface area contributed by atoms with Gasteiger partial charge in [0.2, 0.25) is 18.2 Å².